The fourth-order valence-electron chi connectivity index (χ4n) is 4.84. The van der Waals surface area contributed by atoms with Crippen LogP contribution in [0.5, 0.6) is 0 Å². The fourth-order valence-corrected chi connectivity index (χ4v) is 4.84. The molecule has 178 valence electrons. The summed E-state index contributed by atoms with van der Waals surface area (Å²) in [4.78, 5) is 15.6. The molecule has 1 saturated heterocycles. The van der Waals surface area contributed by atoms with E-state index in [2.05, 4.69) is 35.6 Å². The summed E-state index contributed by atoms with van der Waals surface area (Å²) in [5.74, 6) is 0.793. The SMILES string of the molecule is N=C(N)c1cccc(C[C@H](NCc2ccc3ccccc3c2)C(=O)N2CCC(CCN)CC2)c1. The van der Waals surface area contributed by atoms with Crippen molar-refractivity contribution in [2.75, 3.05) is 19.6 Å². The molecule has 0 unspecified atom stereocenters. The first-order valence-corrected chi connectivity index (χ1v) is 12.2. The quantitative estimate of drug-likeness (QED) is 0.292. The number of amides is 1. The summed E-state index contributed by atoms with van der Waals surface area (Å²) >= 11 is 0. The van der Waals surface area contributed by atoms with Crippen molar-refractivity contribution in [1.29, 1.82) is 5.41 Å². The second-order valence-electron chi connectivity index (χ2n) is 9.28. The van der Waals surface area contributed by atoms with Crippen LogP contribution in [0.15, 0.2) is 66.7 Å². The van der Waals surface area contributed by atoms with Gasteiger partial charge < -0.3 is 21.7 Å². The number of nitrogen functional groups attached to an aromatic ring is 1. The van der Waals surface area contributed by atoms with Gasteiger partial charge in [0.15, 0.2) is 0 Å². The molecule has 34 heavy (non-hydrogen) atoms. The maximum absolute atomic E-state index is 13.6. The lowest BCUT2D eigenvalue weighted by Crippen LogP contribution is -2.50. The topological polar surface area (TPSA) is 108 Å². The van der Waals surface area contributed by atoms with Crippen molar-refractivity contribution in [3.05, 3.63) is 83.4 Å². The molecule has 0 aromatic heterocycles. The highest BCUT2D eigenvalue weighted by Crippen LogP contribution is 2.21. The molecular formula is C28H35N5O. The number of benzene rings is 3. The molecule has 6 heteroatoms. The predicted molar refractivity (Wildman–Crippen MR) is 139 cm³/mol. The van der Waals surface area contributed by atoms with Crippen LogP contribution in [-0.2, 0) is 17.8 Å². The molecule has 0 radical (unpaired) electrons. The Labute approximate surface area is 201 Å². The molecule has 3 aromatic carbocycles. The molecule has 6 nitrogen and oxygen atoms in total. The molecule has 0 saturated carbocycles. The molecule has 4 rings (SSSR count). The van der Waals surface area contributed by atoms with E-state index < -0.39 is 0 Å². The smallest absolute Gasteiger partial charge is 0.240 e. The summed E-state index contributed by atoms with van der Waals surface area (Å²) in [6.07, 6.45) is 3.61. The van der Waals surface area contributed by atoms with Crippen molar-refractivity contribution < 1.29 is 4.79 Å². The van der Waals surface area contributed by atoms with Crippen molar-refractivity contribution >= 4 is 22.5 Å². The highest BCUT2D eigenvalue weighted by Gasteiger charge is 2.28. The first-order valence-electron chi connectivity index (χ1n) is 12.2. The van der Waals surface area contributed by atoms with Crippen molar-refractivity contribution in [2.24, 2.45) is 17.4 Å². The van der Waals surface area contributed by atoms with Gasteiger partial charge in [0.25, 0.3) is 0 Å². The summed E-state index contributed by atoms with van der Waals surface area (Å²) in [7, 11) is 0. The average Bonchev–Trinajstić information content (AvgIpc) is 2.87. The van der Waals surface area contributed by atoms with Crippen LogP contribution in [0.2, 0.25) is 0 Å². The molecule has 1 amide bonds. The first kappa shape index (κ1) is 23.9. The number of amidine groups is 1. The van der Waals surface area contributed by atoms with Crippen LogP contribution in [-0.4, -0.2) is 42.3 Å². The lowest BCUT2D eigenvalue weighted by atomic mass is 9.93. The van der Waals surface area contributed by atoms with Crippen molar-refractivity contribution in [1.82, 2.24) is 10.2 Å². The monoisotopic (exact) mass is 457 g/mol. The van der Waals surface area contributed by atoms with Crippen LogP contribution in [0, 0.1) is 11.3 Å². The van der Waals surface area contributed by atoms with E-state index in [9.17, 15) is 4.79 Å². The second kappa shape index (κ2) is 11.3. The van der Waals surface area contributed by atoms with Gasteiger partial charge in [-0.25, -0.2) is 0 Å². The second-order valence-corrected chi connectivity index (χ2v) is 9.28. The zero-order chi connectivity index (χ0) is 23.9. The van der Waals surface area contributed by atoms with E-state index in [0.717, 1.165) is 43.5 Å². The van der Waals surface area contributed by atoms with E-state index in [-0.39, 0.29) is 17.8 Å². The zero-order valence-corrected chi connectivity index (χ0v) is 19.7. The number of fused-ring (bicyclic) bond motifs is 1. The van der Waals surface area contributed by atoms with Crippen molar-refractivity contribution in [3.8, 4) is 0 Å². The fraction of sp³-hybridized carbons (Fsp3) is 0.357. The van der Waals surface area contributed by atoms with Gasteiger partial charge in [-0.3, -0.25) is 10.2 Å². The van der Waals surface area contributed by atoms with Gasteiger partial charge in [0.1, 0.15) is 5.84 Å². The van der Waals surface area contributed by atoms with Crippen LogP contribution in [0.25, 0.3) is 10.8 Å². The Bertz CT molecular complexity index is 1140. The van der Waals surface area contributed by atoms with E-state index >= 15 is 0 Å². The lowest BCUT2D eigenvalue weighted by Gasteiger charge is -2.34. The van der Waals surface area contributed by atoms with E-state index in [0.29, 0.717) is 31.0 Å². The maximum Gasteiger partial charge on any atom is 0.240 e. The number of piperidine rings is 1. The van der Waals surface area contributed by atoms with Crippen LogP contribution >= 0.6 is 0 Å². The number of carbonyl (C=O) groups excluding carboxylic acids is 1. The number of carbonyl (C=O) groups is 1. The van der Waals surface area contributed by atoms with E-state index in [1.54, 1.807) is 0 Å². The van der Waals surface area contributed by atoms with Crippen molar-refractivity contribution in [2.45, 2.75) is 38.3 Å². The molecule has 3 aromatic rings. The Kier molecular flexibility index (Phi) is 7.93. The lowest BCUT2D eigenvalue weighted by molar-refractivity contribution is -0.134. The molecule has 1 fully saturated rings. The molecule has 1 atom stereocenters. The van der Waals surface area contributed by atoms with E-state index in [1.165, 1.54) is 10.8 Å². The third kappa shape index (κ3) is 6.01. The van der Waals surface area contributed by atoms with Gasteiger partial charge in [-0.2, -0.15) is 0 Å². The zero-order valence-electron chi connectivity index (χ0n) is 19.7. The number of nitrogens with zero attached hydrogens (tertiary/aromatic N) is 1. The number of hydrogen-bond donors (Lipinski definition) is 4. The summed E-state index contributed by atoms with van der Waals surface area (Å²) < 4.78 is 0. The van der Waals surface area contributed by atoms with E-state index in [4.69, 9.17) is 16.9 Å². The number of likely N-dealkylation sites (tertiary alicyclic amines) is 1. The van der Waals surface area contributed by atoms with Crippen LogP contribution < -0.4 is 16.8 Å². The first-order chi connectivity index (χ1) is 16.5. The normalized spacial score (nSPS) is 15.4. The summed E-state index contributed by atoms with van der Waals surface area (Å²) in [5.41, 5.74) is 14.3. The molecule has 1 aliphatic rings. The van der Waals surface area contributed by atoms with Gasteiger partial charge in [-0.05, 0) is 72.2 Å². The summed E-state index contributed by atoms with van der Waals surface area (Å²) in [6, 6.07) is 22.0. The summed E-state index contributed by atoms with van der Waals surface area (Å²) in [6.45, 7) is 2.88. The van der Waals surface area contributed by atoms with Gasteiger partial charge in [-0.1, -0.05) is 54.6 Å². The average molecular weight is 458 g/mol. The largest absolute Gasteiger partial charge is 0.384 e. The van der Waals surface area contributed by atoms with E-state index in [1.807, 2.05) is 41.3 Å². The number of nitrogens with two attached hydrogens (primary N) is 2. The highest BCUT2D eigenvalue weighted by atomic mass is 16.2. The Balaban J connectivity index is 1.50. The minimum atomic E-state index is -0.347. The third-order valence-corrected chi connectivity index (χ3v) is 6.84. The standard InChI is InChI=1S/C28H35N5O/c29-13-10-20-11-14-33(15-12-20)28(34)26(18-21-4-3-7-25(16-21)27(30)31)32-19-22-8-9-23-5-1-2-6-24(23)17-22/h1-9,16-17,20,26,32H,10-15,18-19,29H2,(H3,30,31)/t26-/m0/s1. The molecule has 0 bridgehead atoms. The van der Waals surface area contributed by atoms with Gasteiger partial charge in [0.2, 0.25) is 5.91 Å². The third-order valence-electron chi connectivity index (χ3n) is 6.84. The minimum Gasteiger partial charge on any atom is -0.384 e. The minimum absolute atomic E-state index is 0.0378. The van der Waals surface area contributed by atoms with Crippen LogP contribution in [0.4, 0.5) is 0 Å². The molecular weight excluding hydrogens is 422 g/mol. The van der Waals surface area contributed by atoms with Crippen molar-refractivity contribution in [3.63, 3.8) is 0 Å². The van der Waals surface area contributed by atoms with Gasteiger partial charge >= 0.3 is 0 Å². The molecule has 1 heterocycles. The predicted octanol–water partition coefficient (Wildman–Crippen LogP) is 3.41. The van der Waals surface area contributed by atoms with Crippen LogP contribution in [0.3, 0.4) is 0 Å². The Morgan fingerprint density at radius 1 is 1.00 bits per heavy atom. The molecule has 6 N–H and O–H groups in total. The van der Waals surface area contributed by atoms with Gasteiger partial charge in [0.05, 0.1) is 6.04 Å². The highest BCUT2D eigenvalue weighted by molar-refractivity contribution is 5.95. The number of hydrogen-bond acceptors (Lipinski definition) is 4. The number of rotatable bonds is 9. The summed E-state index contributed by atoms with van der Waals surface area (Å²) in [5, 5.41) is 13.7. The Morgan fingerprint density at radius 2 is 1.76 bits per heavy atom. The van der Waals surface area contributed by atoms with Gasteiger partial charge in [0, 0.05) is 25.2 Å². The Morgan fingerprint density at radius 3 is 2.50 bits per heavy atom. The van der Waals surface area contributed by atoms with Crippen LogP contribution in [0.1, 0.15) is 36.0 Å². The molecule has 0 spiro atoms. The molecule has 1 aliphatic heterocycles. The van der Waals surface area contributed by atoms with Gasteiger partial charge in [-0.15, -0.1) is 0 Å². The maximum atomic E-state index is 13.6. The Hall–Kier alpha value is -3.22. The molecule has 0 aliphatic carbocycles. The number of nitrogens with one attached hydrogen (secondary N) is 2.